The molecule has 0 radical (unpaired) electrons. The molecule has 1 N–H and O–H groups in total. The lowest BCUT2D eigenvalue weighted by atomic mass is 10.1. The first-order chi connectivity index (χ1) is 9.22. The average Bonchev–Trinajstić information content (AvgIpc) is 2.35. The first-order valence-electron chi connectivity index (χ1n) is 6.63. The number of rotatable bonds is 6. The Bertz CT molecular complexity index is 343. The number of nitrogens with zero attached hydrogens (tertiary/aromatic N) is 1. The Hall–Kier alpha value is -1.56. The van der Waals surface area contributed by atoms with Crippen molar-refractivity contribution in [3.8, 4) is 0 Å². The highest BCUT2D eigenvalue weighted by Gasteiger charge is 2.22. The molecule has 0 fully saturated rings. The lowest BCUT2D eigenvalue weighted by Crippen LogP contribution is -2.41. The third kappa shape index (κ3) is 5.61. The number of carbonyl (C=O) groups excluding carboxylic acids is 2. The van der Waals surface area contributed by atoms with E-state index in [1.54, 1.807) is 11.8 Å². The van der Waals surface area contributed by atoms with E-state index in [0.29, 0.717) is 0 Å². The summed E-state index contributed by atoms with van der Waals surface area (Å²) in [7, 11) is 1.20. The summed E-state index contributed by atoms with van der Waals surface area (Å²) in [5.74, 6) is -1.23. The fraction of sp³-hybridized carbons (Fsp3) is 0.714. The summed E-state index contributed by atoms with van der Waals surface area (Å²) in [6, 6.07) is 0.0444. The quantitative estimate of drug-likeness (QED) is 0.596. The zero-order valence-electron chi connectivity index (χ0n) is 13.0. The molecule has 0 spiro atoms. The van der Waals surface area contributed by atoms with Gasteiger partial charge in [0.1, 0.15) is 0 Å². The molecule has 0 rings (SSSR count). The van der Waals surface area contributed by atoms with Gasteiger partial charge in [-0.3, -0.25) is 0 Å². The Morgan fingerprint density at radius 1 is 1.10 bits per heavy atom. The van der Waals surface area contributed by atoms with E-state index in [1.165, 1.54) is 19.4 Å². The van der Waals surface area contributed by atoms with Gasteiger partial charge >= 0.3 is 12.1 Å². The molecule has 0 unspecified atom stereocenters. The number of hydrogen-bond donors (Lipinski definition) is 1. The van der Waals surface area contributed by atoms with Crippen molar-refractivity contribution in [2.45, 2.75) is 52.8 Å². The molecular formula is C14H25NO5. The van der Waals surface area contributed by atoms with Crippen molar-refractivity contribution < 1.29 is 24.2 Å². The third-order valence-electron chi connectivity index (χ3n) is 2.82. The predicted octanol–water partition coefficient (Wildman–Crippen LogP) is 1.93. The summed E-state index contributed by atoms with van der Waals surface area (Å²) in [6.07, 6.45) is 0.891. The van der Waals surface area contributed by atoms with Gasteiger partial charge in [-0.05, 0) is 33.8 Å². The van der Waals surface area contributed by atoms with Crippen molar-refractivity contribution in [1.29, 1.82) is 0 Å². The summed E-state index contributed by atoms with van der Waals surface area (Å²) >= 11 is 0. The molecule has 0 aromatic carbocycles. The van der Waals surface area contributed by atoms with Crippen LogP contribution in [0.15, 0.2) is 12.3 Å². The van der Waals surface area contributed by atoms with Crippen molar-refractivity contribution in [1.82, 2.24) is 4.90 Å². The summed E-state index contributed by atoms with van der Waals surface area (Å²) in [4.78, 5) is 24.6. The first kappa shape index (κ1) is 18.4. The minimum Gasteiger partial charge on any atom is -0.467 e. The van der Waals surface area contributed by atoms with Crippen LogP contribution in [0.1, 0.15) is 34.6 Å². The van der Waals surface area contributed by atoms with Gasteiger partial charge in [0, 0.05) is 18.0 Å². The van der Waals surface area contributed by atoms with Gasteiger partial charge in [-0.25, -0.2) is 9.59 Å². The largest absolute Gasteiger partial charge is 0.467 e. The van der Waals surface area contributed by atoms with Gasteiger partial charge in [-0.1, -0.05) is 6.92 Å². The van der Waals surface area contributed by atoms with E-state index < -0.39 is 24.1 Å². The van der Waals surface area contributed by atoms with E-state index in [2.05, 4.69) is 4.74 Å². The molecule has 0 aromatic heterocycles. The smallest absolute Gasteiger partial charge is 0.415 e. The third-order valence-corrected chi connectivity index (χ3v) is 2.82. The second-order valence-corrected chi connectivity index (χ2v) is 5.13. The number of ether oxygens (including phenoxy) is 2. The Kier molecular flexibility index (Phi) is 7.91. The van der Waals surface area contributed by atoms with Crippen molar-refractivity contribution in [2.75, 3.05) is 7.11 Å². The second kappa shape index (κ2) is 8.58. The SMILES string of the molecule is COC(=O)[C@@H](O)[C@H](C)/C=C/OC(=O)N(C(C)C)C(C)C. The van der Waals surface area contributed by atoms with Crippen molar-refractivity contribution in [2.24, 2.45) is 5.92 Å². The van der Waals surface area contributed by atoms with E-state index in [0.717, 1.165) is 0 Å². The molecule has 1 amide bonds. The maximum absolute atomic E-state index is 11.9. The molecule has 0 bridgehead atoms. The normalized spacial score (nSPS) is 14.4. The highest BCUT2D eigenvalue weighted by atomic mass is 16.5. The fourth-order valence-electron chi connectivity index (χ4n) is 1.74. The van der Waals surface area contributed by atoms with Crippen LogP contribution >= 0.6 is 0 Å². The number of esters is 1. The van der Waals surface area contributed by atoms with Crippen LogP contribution in [0.25, 0.3) is 0 Å². The van der Waals surface area contributed by atoms with Crippen LogP contribution < -0.4 is 0 Å². The standard InChI is InChI=1S/C14H25NO5/c1-9(2)15(10(3)4)14(18)20-8-7-11(5)12(16)13(17)19-6/h7-12,16H,1-6H3/b8-7+/t11-,12+/m1/s1. The Labute approximate surface area is 120 Å². The number of amides is 1. The Morgan fingerprint density at radius 2 is 1.60 bits per heavy atom. The maximum atomic E-state index is 11.9. The van der Waals surface area contributed by atoms with Gasteiger partial charge in [0.15, 0.2) is 6.10 Å². The number of aliphatic hydroxyl groups is 1. The molecule has 0 aliphatic heterocycles. The van der Waals surface area contributed by atoms with Gasteiger partial charge in [-0.15, -0.1) is 0 Å². The first-order valence-corrected chi connectivity index (χ1v) is 6.63. The van der Waals surface area contributed by atoms with E-state index in [4.69, 9.17) is 4.74 Å². The summed E-state index contributed by atoms with van der Waals surface area (Å²) in [5.41, 5.74) is 0. The van der Waals surface area contributed by atoms with E-state index in [9.17, 15) is 14.7 Å². The number of aliphatic hydroxyl groups excluding tert-OH is 1. The van der Waals surface area contributed by atoms with Crippen LogP contribution in [-0.2, 0) is 14.3 Å². The lowest BCUT2D eigenvalue weighted by Gasteiger charge is -2.28. The van der Waals surface area contributed by atoms with Gasteiger partial charge < -0.3 is 19.5 Å². The zero-order chi connectivity index (χ0) is 15.9. The maximum Gasteiger partial charge on any atom is 0.415 e. The summed E-state index contributed by atoms with van der Waals surface area (Å²) in [6.45, 7) is 9.21. The molecule has 0 saturated heterocycles. The molecule has 0 heterocycles. The number of methoxy groups -OCH3 is 1. The fourth-order valence-corrected chi connectivity index (χ4v) is 1.74. The minimum atomic E-state index is -1.28. The van der Waals surface area contributed by atoms with Gasteiger partial charge in [-0.2, -0.15) is 0 Å². The zero-order valence-corrected chi connectivity index (χ0v) is 13.0. The van der Waals surface area contributed by atoms with Crippen molar-refractivity contribution >= 4 is 12.1 Å². The topological polar surface area (TPSA) is 76.1 Å². The van der Waals surface area contributed by atoms with E-state index in [-0.39, 0.29) is 12.1 Å². The van der Waals surface area contributed by atoms with Crippen LogP contribution in [0, 0.1) is 5.92 Å². The number of carbonyl (C=O) groups is 2. The summed E-state index contributed by atoms with van der Waals surface area (Å²) in [5, 5.41) is 9.56. The van der Waals surface area contributed by atoms with Crippen molar-refractivity contribution in [3.05, 3.63) is 12.3 Å². The summed E-state index contributed by atoms with van der Waals surface area (Å²) < 4.78 is 9.43. The van der Waals surface area contributed by atoms with Gasteiger partial charge in [0.05, 0.1) is 13.4 Å². The van der Waals surface area contributed by atoms with E-state index >= 15 is 0 Å². The molecule has 0 aromatic rings. The lowest BCUT2D eigenvalue weighted by molar-refractivity contribution is -0.152. The minimum absolute atomic E-state index is 0.0222. The van der Waals surface area contributed by atoms with Crippen LogP contribution in [0.3, 0.4) is 0 Å². The monoisotopic (exact) mass is 287 g/mol. The Morgan fingerprint density at radius 3 is 2.00 bits per heavy atom. The Balaban J connectivity index is 4.50. The molecular weight excluding hydrogens is 262 g/mol. The van der Waals surface area contributed by atoms with Crippen LogP contribution in [0.5, 0.6) is 0 Å². The highest BCUT2D eigenvalue weighted by Crippen LogP contribution is 2.10. The van der Waals surface area contributed by atoms with Crippen LogP contribution in [0.2, 0.25) is 0 Å². The van der Waals surface area contributed by atoms with Crippen LogP contribution in [0.4, 0.5) is 4.79 Å². The molecule has 0 aliphatic carbocycles. The average molecular weight is 287 g/mol. The molecule has 6 nitrogen and oxygen atoms in total. The molecule has 116 valence electrons. The molecule has 0 saturated carbocycles. The highest BCUT2D eigenvalue weighted by molar-refractivity contribution is 5.74. The van der Waals surface area contributed by atoms with Gasteiger partial charge in [0.25, 0.3) is 0 Å². The predicted molar refractivity (Wildman–Crippen MR) is 74.9 cm³/mol. The number of hydrogen-bond acceptors (Lipinski definition) is 5. The molecule has 0 aliphatic rings. The second-order valence-electron chi connectivity index (χ2n) is 5.13. The van der Waals surface area contributed by atoms with E-state index in [1.807, 2.05) is 27.7 Å². The molecule has 20 heavy (non-hydrogen) atoms. The molecule has 2 atom stereocenters. The van der Waals surface area contributed by atoms with Crippen molar-refractivity contribution in [3.63, 3.8) is 0 Å². The molecule has 6 heteroatoms. The van der Waals surface area contributed by atoms with Crippen LogP contribution in [-0.4, -0.2) is 47.4 Å². The van der Waals surface area contributed by atoms with Gasteiger partial charge in [0.2, 0.25) is 0 Å².